The van der Waals surface area contributed by atoms with E-state index >= 15 is 0 Å². The van der Waals surface area contributed by atoms with Crippen LogP contribution in [-0.2, 0) is 6.18 Å². The molecule has 0 spiro atoms. The lowest BCUT2D eigenvalue weighted by atomic mass is 10.1. The van der Waals surface area contributed by atoms with Gasteiger partial charge in [0.15, 0.2) is 12.5 Å². The highest BCUT2D eigenvalue weighted by Gasteiger charge is 2.31. The van der Waals surface area contributed by atoms with Crippen molar-refractivity contribution in [2.45, 2.75) is 6.18 Å². The number of azo groups is 1. The molecule has 0 bridgehead atoms. The second-order valence-corrected chi connectivity index (χ2v) is 3.27. The van der Waals surface area contributed by atoms with Gasteiger partial charge < -0.3 is 0 Å². The zero-order chi connectivity index (χ0) is 12.5. The normalized spacial score (nSPS) is 14.6. The highest BCUT2D eigenvalue weighted by molar-refractivity contribution is 6.00. The van der Waals surface area contributed by atoms with Crippen LogP contribution in [0.3, 0.4) is 0 Å². The minimum absolute atomic E-state index is 0.0837. The largest absolute Gasteiger partial charge is 0.416 e. The Morgan fingerprint density at radius 3 is 2.53 bits per heavy atom. The van der Waals surface area contributed by atoms with Crippen molar-refractivity contribution in [1.29, 1.82) is 5.26 Å². The predicted molar refractivity (Wildman–Crippen MR) is 52.4 cm³/mol. The Bertz CT molecular complexity index is 552. The van der Waals surface area contributed by atoms with Crippen molar-refractivity contribution in [1.82, 2.24) is 0 Å². The van der Waals surface area contributed by atoms with Crippen LogP contribution >= 0.6 is 0 Å². The molecule has 0 aromatic heterocycles. The lowest BCUT2D eigenvalue weighted by Gasteiger charge is -2.08. The molecule has 2 rings (SSSR count). The Morgan fingerprint density at radius 1 is 1.24 bits per heavy atom. The molecule has 1 aromatic carbocycles. The minimum Gasteiger partial charge on any atom is -0.239 e. The van der Waals surface area contributed by atoms with Gasteiger partial charge in [-0.05, 0) is 18.2 Å². The average Bonchev–Trinajstić information content (AvgIpc) is 2.80. The number of amidine groups is 1. The van der Waals surface area contributed by atoms with Crippen molar-refractivity contribution in [3.8, 4) is 6.07 Å². The predicted octanol–water partition coefficient (Wildman–Crippen LogP) is 2.75. The molecule has 0 amide bonds. The summed E-state index contributed by atoms with van der Waals surface area (Å²) in [6.07, 6.45) is -4.50. The molecule has 0 saturated heterocycles. The van der Waals surface area contributed by atoms with Gasteiger partial charge in [0.1, 0.15) is 0 Å². The van der Waals surface area contributed by atoms with Crippen LogP contribution in [0.1, 0.15) is 16.7 Å². The molecule has 4 nitrogen and oxygen atoms in total. The first kappa shape index (κ1) is 11.3. The topological polar surface area (TPSA) is 60.9 Å². The summed E-state index contributed by atoms with van der Waals surface area (Å²) in [6.45, 7) is 0.105. The molecule has 1 heterocycles. The smallest absolute Gasteiger partial charge is 0.239 e. The van der Waals surface area contributed by atoms with Gasteiger partial charge in [0.25, 0.3) is 0 Å². The Balaban J connectivity index is 2.54. The van der Waals surface area contributed by atoms with Gasteiger partial charge in [0.05, 0.1) is 17.2 Å². The number of nitriles is 1. The third-order valence-electron chi connectivity index (χ3n) is 2.10. The molecule has 0 atom stereocenters. The Hall–Kier alpha value is -2.23. The summed E-state index contributed by atoms with van der Waals surface area (Å²) in [5.74, 6) is 0.118. The maximum Gasteiger partial charge on any atom is 0.416 e. The molecule has 0 radical (unpaired) electrons. The molecule has 1 aliphatic heterocycles. The Labute approximate surface area is 94.1 Å². The van der Waals surface area contributed by atoms with Crippen LogP contribution in [0.5, 0.6) is 0 Å². The maximum absolute atomic E-state index is 12.6. The van der Waals surface area contributed by atoms with Gasteiger partial charge in [-0.1, -0.05) is 0 Å². The fraction of sp³-hybridized carbons (Fsp3) is 0.200. The summed E-state index contributed by atoms with van der Waals surface area (Å²) < 4.78 is 37.7. The first-order valence-corrected chi connectivity index (χ1v) is 4.55. The van der Waals surface area contributed by atoms with E-state index in [1.807, 2.05) is 0 Å². The lowest BCUT2D eigenvalue weighted by molar-refractivity contribution is -0.137. The second-order valence-electron chi connectivity index (χ2n) is 3.27. The summed E-state index contributed by atoms with van der Waals surface area (Å²) in [7, 11) is 0. The SMILES string of the molecule is N#Cc1cc(C2=NCN=N2)cc(C(F)(F)F)c1. The zero-order valence-electron chi connectivity index (χ0n) is 8.36. The van der Waals surface area contributed by atoms with Crippen molar-refractivity contribution >= 4 is 5.84 Å². The van der Waals surface area contributed by atoms with Crippen LogP contribution in [0.25, 0.3) is 0 Å². The fourth-order valence-corrected chi connectivity index (χ4v) is 1.36. The number of hydrogen-bond acceptors (Lipinski definition) is 4. The van der Waals surface area contributed by atoms with Crippen molar-refractivity contribution in [2.75, 3.05) is 6.67 Å². The van der Waals surface area contributed by atoms with E-state index in [0.717, 1.165) is 12.1 Å². The van der Waals surface area contributed by atoms with E-state index in [2.05, 4.69) is 15.2 Å². The summed E-state index contributed by atoms with van der Waals surface area (Å²) in [6, 6.07) is 4.67. The van der Waals surface area contributed by atoms with Crippen LogP contribution in [0.15, 0.2) is 33.4 Å². The van der Waals surface area contributed by atoms with E-state index in [1.54, 1.807) is 6.07 Å². The van der Waals surface area contributed by atoms with Gasteiger partial charge in [-0.2, -0.15) is 23.5 Å². The molecule has 86 valence electrons. The molecular formula is C10H5F3N4. The van der Waals surface area contributed by atoms with Crippen molar-refractivity contribution in [2.24, 2.45) is 15.2 Å². The molecule has 1 aromatic rings. The number of alkyl halides is 3. The minimum atomic E-state index is -4.50. The van der Waals surface area contributed by atoms with E-state index in [4.69, 9.17) is 5.26 Å². The van der Waals surface area contributed by atoms with Gasteiger partial charge in [-0.25, -0.2) is 4.99 Å². The van der Waals surface area contributed by atoms with Crippen LogP contribution in [0, 0.1) is 11.3 Å². The third kappa shape index (κ3) is 2.30. The fourth-order valence-electron chi connectivity index (χ4n) is 1.36. The Morgan fingerprint density at radius 2 is 2.00 bits per heavy atom. The summed E-state index contributed by atoms with van der Waals surface area (Å²) in [5.41, 5.74) is -0.825. The van der Waals surface area contributed by atoms with E-state index in [0.29, 0.717) is 0 Å². The second kappa shape index (κ2) is 3.97. The molecule has 1 aliphatic rings. The number of hydrogen-bond donors (Lipinski definition) is 0. The van der Waals surface area contributed by atoms with E-state index in [-0.39, 0.29) is 23.6 Å². The van der Waals surface area contributed by atoms with E-state index < -0.39 is 11.7 Å². The van der Waals surface area contributed by atoms with Gasteiger partial charge in [0, 0.05) is 5.56 Å². The van der Waals surface area contributed by atoms with Gasteiger partial charge in [-0.15, -0.1) is 5.11 Å². The first-order chi connectivity index (χ1) is 8.00. The molecule has 17 heavy (non-hydrogen) atoms. The third-order valence-corrected chi connectivity index (χ3v) is 2.10. The quantitative estimate of drug-likeness (QED) is 0.741. The van der Waals surface area contributed by atoms with Crippen LogP contribution in [0.4, 0.5) is 13.2 Å². The summed E-state index contributed by atoms with van der Waals surface area (Å²) in [5, 5.41) is 15.8. The molecule has 0 aliphatic carbocycles. The molecule has 7 heteroatoms. The number of halogens is 3. The van der Waals surface area contributed by atoms with Crippen LogP contribution in [-0.4, -0.2) is 12.5 Å². The van der Waals surface area contributed by atoms with Crippen LogP contribution in [0.2, 0.25) is 0 Å². The van der Waals surface area contributed by atoms with Gasteiger partial charge in [-0.3, -0.25) is 0 Å². The molecule has 0 unspecified atom stereocenters. The van der Waals surface area contributed by atoms with Crippen molar-refractivity contribution in [3.05, 3.63) is 34.9 Å². The molecular weight excluding hydrogens is 233 g/mol. The van der Waals surface area contributed by atoms with Gasteiger partial charge >= 0.3 is 6.18 Å². The van der Waals surface area contributed by atoms with Crippen molar-refractivity contribution in [3.63, 3.8) is 0 Å². The number of benzene rings is 1. The highest BCUT2D eigenvalue weighted by Crippen LogP contribution is 2.31. The number of rotatable bonds is 1. The highest BCUT2D eigenvalue weighted by atomic mass is 19.4. The lowest BCUT2D eigenvalue weighted by Crippen LogP contribution is -2.07. The molecule has 0 N–H and O–H groups in total. The summed E-state index contributed by atoms with van der Waals surface area (Å²) >= 11 is 0. The average molecular weight is 238 g/mol. The molecule has 0 fully saturated rings. The standard InChI is InChI=1S/C10H5F3N4/c11-10(12,13)8-2-6(4-14)1-7(3-8)9-15-5-16-17-9/h1-3H,5H2. The maximum atomic E-state index is 12.6. The Kier molecular flexibility index (Phi) is 2.63. The number of nitrogens with zero attached hydrogens (tertiary/aromatic N) is 4. The van der Waals surface area contributed by atoms with Crippen LogP contribution < -0.4 is 0 Å². The summed E-state index contributed by atoms with van der Waals surface area (Å²) in [4.78, 5) is 3.81. The zero-order valence-corrected chi connectivity index (χ0v) is 8.36. The van der Waals surface area contributed by atoms with E-state index in [9.17, 15) is 13.2 Å². The number of aliphatic imine (C=N–C) groups is 1. The monoisotopic (exact) mass is 238 g/mol. The van der Waals surface area contributed by atoms with Crippen molar-refractivity contribution < 1.29 is 13.2 Å². The molecule has 0 saturated carbocycles. The van der Waals surface area contributed by atoms with E-state index in [1.165, 1.54) is 6.07 Å². The first-order valence-electron chi connectivity index (χ1n) is 4.55. The van der Waals surface area contributed by atoms with Gasteiger partial charge in [0.2, 0.25) is 0 Å².